The van der Waals surface area contributed by atoms with Crippen LogP contribution in [0.1, 0.15) is 140 Å². The Hall–Kier alpha value is -4.42. The van der Waals surface area contributed by atoms with Gasteiger partial charge in [-0.3, -0.25) is 19.2 Å². The van der Waals surface area contributed by atoms with Crippen molar-refractivity contribution in [3.05, 3.63) is 42.0 Å². The third-order valence-corrected chi connectivity index (χ3v) is 8.96. The molecule has 0 aliphatic heterocycles. The number of carbonyl (C=O) groups excluding carboxylic acids is 6. The number of hydrogen-bond acceptors (Lipinski definition) is 12. The van der Waals surface area contributed by atoms with Crippen LogP contribution in [0.15, 0.2) is 36.4 Å². The van der Waals surface area contributed by atoms with Gasteiger partial charge in [0.2, 0.25) is 5.91 Å². The highest BCUT2D eigenvalue weighted by Gasteiger charge is 2.28. The van der Waals surface area contributed by atoms with Crippen molar-refractivity contribution >= 4 is 35.8 Å². The summed E-state index contributed by atoms with van der Waals surface area (Å²) in [6.07, 6.45) is 3.09. The van der Waals surface area contributed by atoms with Crippen LogP contribution in [-0.2, 0) is 47.7 Å². The SMILES string of the molecule is C=C(C)C(=O)OCCOC(=O)C(C)(C)CC.CCC(C)(C)C(=O)NC(C)C.CCC(C)(C)C(=O)OC.CCC(C)(C)C(=O)OCCOC(=O)c1ccc(O)cc1. The second-order valence-electron chi connectivity index (χ2n) is 15.9. The summed E-state index contributed by atoms with van der Waals surface area (Å²) in [5, 5.41) is 12.0. The van der Waals surface area contributed by atoms with Crippen LogP contribution in [0.4, 0.5) is 0 Å². The zero-order chi connectivity index (χ0) is 44.5. The predicted octanol–water partition coefficient (Wildman–Crippen LogP) is 8.16. The first-order valence-corrected chi connectivity index (χ1v) is 19.1. The molecule has 0 aromatic heterocycles. The predicted molar refractivity (Wildman–Crippen MR) is 218 cm³/mol. The molecule has 0 fully saturated rings. The van der Waals surface area contributed by atoms with E-state index in [0.29, 0.717) is 24.0 Å². The molecule has 0 unspecified atom stereocenters. The molecule has 1 aromatic carbocycles. The van der Waals surface area contributed by atoms with Crippen LogP contribution >= 0.6 is 0 Å². The number of hydrogen-bond donors (Lipinski definition) is 2. The lowest BCUT2D eigenvalue weighted by atomic mass is 9.89. The van der Waals surface area contributed by atoms with Gasteiger partial charge in [0.05, 0.1) is 28.9 Å². The van der Waals surface area contributed by atoms with Crippen molar-refractivity contribution in [2.24, 2.45) is 21.7 Å². The second kappa shape index (κ2) is 27.2. The molecule has 0 radical (unpaired) electrons. The number of esters is 5. The van der Waals surface area contributed by atoms with Crippen molar-refractivity contribution in [2.45, 2.75) is 136 Å². The average molecular weight is 796 g/mol. The Balaban J connectivity index is -0.000000701. The number of benzene rings is 1. The molecule has 56 heavy (non-hydrogen) atoms. The normalized spacial score (nSPS) is 11.1. The molecule has 0 saturated carbocycles. The molecule has 0 spiro atoms. The lowest BCUT2D eigenvalue weighted by Crippen LogP contribution is -2.40. The van der Waals surface area contributed by atoms with Gasteiger partial charge in [0.25, 0.3) is 0 Å². The van der Waals surface area contributed by atoms with Gasteiger partial charge >= 0.3 is 29.8 Å². The first-order chi connectivity index (χ1) is 25.6. The van der Waals surface area contributed by atoms with Crippen LogP contribution < -0.4 is 5.32 Å². The van der Waals surface area contributed by atoms with Crippen LogP contribution in [0.5, 0.6) is 5.75 Å². The highest BCUT2D eigenvalue weighted by atomic mass is 16.6. The molecule has 1 rings (SSSR count). The largest absolute Gasteiger partial charge is 0.508 e. The van der Waals surface area contributed by atoms with Crippen LogP contribution in [0, 0.1) is 21.7 Å². The molecule has 0 aliphatic carbocycles. The van der Waals surface area contributed by atoms with Gasteiger partial charge in [0, 0.05) is 17.0 Å². The fourth-order valence-electron chi connectivity index (χ4n) is 3.06. The van der Waals surface area contributed by atoms with E-state index in [-0.39, 0.29) is 72.9 Å². The molecule has 322 valence electrons. The summed E-state index contributed by atoms with van der Waals surface area (Å²) in [4.78, 5) is 68.0. The molecule has 0 aliphatic rings. The van der Waals surface area contributed by atoms with Gasteiger partial charge in [-0.15, -0.1) is 0 Å². The summed E-state index contributed by atoms with van der Waals surface area (Å²) in [6.45, 7) is 31.9. The van der Waals surface area contributed by atoms with Crippen molar-refractivity contribution in [2.75, 3.05) is 33.5 Å². The summed E-state index contributed by atoms with van der Waals surface area (Å²) in [6, 6.07) is 5.97. The number of methoxy groups -OCH3 is 1. The Morgan fingerprint density at radius 1 is 0.625 bits per heavy atom. The van der Waals surface area contributed by atoms with E-state index in [2.05, 4.69) is 16.6 Å². The van der Waals surface area contributed by atoms with Crippen molar-refractivity contribution in [3.63, 3.8) is 0 Å². The van der Waals surface area contributed by atoms with E-state index in [0.717, 1.165) is 12.8 Å². The van der Waals surface area contributed by atoms with E-state index in [1.165, 1.54) is 31.4 Å². The molecule has 0 saturated heterocycles. The number of phenols is 1. The number of nitrogens with one attached hydrogen (secondary N) is 1. The Morgan fingerprint density at radius 3 is 1.30 bits per heavy atom. The minimum atomic E-state index is -0.527. The van der Waals surface area contributed by atoms with E-state index < -0.39 is 22.8 Å². The molecule has 2 N–H and O–H groups in total. The Morgan fingerprint density at radius 2 is 0.982 bits per heavy atom. The van der Waals surface area contributed by atoms with Gasteiger partial charge in [0.1, 0.15) is 32.2 Å². The van der Waals surface area contributed by atoms with Gasteiger partial charge in [-0.05, 0) is 112 Å². The molecular weight excluding hydrogens is 722 g/mol. The zero-order valence-corrected chi connectivity index (χ0v) is 37.2. The fraction of sp³-hybridized carbons (Fsp3) is 0.674. The van der Waals surface area contributed by atoms with E-state index in [1.807, 2.05) is 83.1 Å². The monoisotopic (exact) mass is 796 g/mol. The molecule has 1 aromatic rings. The summed E-state index contributed by atoms with van der Waals surface area (Å²) in [7, 11) is 1.42. The molecule has 13 heteroatoms. The molecule has 13 nitrogen and oxygen atoms in total. The maximum atomic E-state index is 11.7. The quantitative estimate of drug-likeness (QED) is 0.0669. The van der Waals surface area contributed by atoms with E-state index in [1.54, 1.807) is 20.8 Å². The first kappa shape index (κ1) is 55.9. The molecule has 0 bridgehead atoms. The van der Waals surface area contributed by atoms with Crippen LogP contribution in [0.3, 0.4) is 0 Å². The Labute approximate surface area is 336 Å². The lowest BCUT2D eigenvalue weighted by molar-refractivity contribution is -0.158. The van der Waals surface area contributed by atoms with Crippen LogP contribution in [0.25, 0.3) is 0 Å². The van der Waals surface area contributed by atoms with E-state index in [4.69, 9.17) is 24.1 Å². The summed E-state index contributed by atoms with van der Waals surface area (Å²) in [5.41, 5.74) is -0.874. The maximum absolute atomic E-state index is 11.7. The van der Waals surface area contributed by atoms with Crippen LogP contribution in [-0.4, -0.2) is 80.4 Å². The third-order valence-electron chi connectivity index (χ3n) is 8.96. The Kier molecular flexibility index (Phi) is 27.2. The van der Waals surface area contributed by atoms with Gasteiger partial charge in [-0.1, -0.05) is 48.1 Å². The number of aromatic hydroxyl groups is 1. The van der Waals surface area contributed by atoms with Gasteiger partial charge < -0.3 is 34.1 Å². The topological polar surface area (TPSA) is 181 Å². The summed E-state index contributed by atoms with van der Waals surface area (Å²) >= 11 is 0. The molecule has 0 heterocycles. The van der Waals surface area contributed by atoms with Gasteiger partial charge in [-0.25, -0.2) is 9.59 Å². The molecule has 0 atom stereocenters. The second-order valence-corrected chi connectivity index (χ2v) is 15.9. The highest BCUT2D eigenvalue weighted by molar-refractivity contribution is 5.89. The van der Waals surface area contributed by atoms with Crippen molar-refractivity contribution < 1.29 is 57.6 Å². The number of rotatable bonds is 17. The minimum Gasteiger partial charge on any atom is -0.508 e. The Bertz CT molecular complexity index is 1380. The molecule has 1 amide bonds. The standard InChI is InChI=1S/C15H20O5.C12H20O4.C9H19NO.C7H14O2/c1-4-15(2,3)14(18)20-10-9-19-13(17)11-5-7-12(16)8-6-11;1-6-12(4,5)11(14)16-8-7-15-10(13)9(2)3;1-6-9(4,5)8(11)10-7(2)3;1-5-7(2,3)6(8)9-4/h5-8,16H,4,9-10H2,1-3H3;2,6-8H2,1,3-5H3;7H,6H2,1-5H3,(H,10,11);5H2,1-4H3. The van der Waals surface area contributed by atoms with Crippen molar-refractivity contribution in [3.8, 4) is 5.75 Å². The maximum Gasteiger partial charge on any atom is 0.338 e. The third kappa shape index (κ3) is 24.2. The number of phenolic OH excluding ortho intramolecular Hbond substituents is 1. The highest BCUT2D eigenvalue weighted by Crippen LogP contribution is 2.23. The first-order valence-electron chi connectivity index (χ1n) is 19.1. The number of carbonyl (C=O) groups is 6. The van der Waals surface area contributed by atoms with Crippen molar-refractivity contribution in [1.29, 1.82) is 0 Å². The fourth-order valence-corrected chi connectivity index (χ4v) is 3.06. The van der Waals surface area contributed by atoms with E-state index in [9.17, 15) is 28.8 Å². The van der Waals surface area contributed by atoms with Crippen molar-refractivity contribution in [1.82, 2.24) is 5.32 Å². The summed E-state index contributed by atoms with van der Waals surface area (Å²) in [5.74, 6) is -1.47. The van der Waals surface area contributed by atoms with Crippen LogP contribution in [0.2, 0.25) is 0 Å². The number of ether oxygens (including phenoxy) is 5. The lowest BCUT2D eigenvalue weighted by Gasteiger charge is -2.22. The zero-order valence-electron chi connectivity index (χ0n) is 37.2. The average Bonchev–Trinajstić information content (AvgIpc) is 3.14. The van der Waals surface area contributed by atoms with Gasteiger partial charge in [-0.2, -0.15) is 0 Å². The minimum absolute atomic E-state index is 0.00520. The van der Waals surface area contributed by atoms with Gasteiger partial charge in [0.15, 0.2) is 0 Å². The summed E-state index contributed by atoms with van der Waals surface area (Å²) < 4.78 is 24.3. The smallest absolute Gasteiger partial charge is 0.338 e. The number of amides is 1. The van der Waals surface area contributed by atoms with E-state index >= 15 is 0 Å². The molecular formula is C43H73NO12.